The Morgan fingerprint density at radius 2 is 0.740 bits per heavy atom. The Morgan fingerprint density at radius 1 is 0.442 bits per heavy atom. The summed E-state index contributed by atoms with van der Waals surface area (Å²) in [6.45, 7) is 4.94. The van der Waals surface area contributed by atoms with E-state index in [0.717, 1.165) is 44.9 Å². The molecular weight excluding hydrogens is 972 g/mol. The lowest BCUT2D eigenvalue weighted by Gasteiger charge is -2.26. The molecule has 0 heterocycles. The van der Waals surface area contributed by atoms with E-state index in [4.69, 9.17) is 9.05 Å². The highest BCUT2D eigenvalue weighted by molar-refractivity contribution is 7.47. The average Bonchev–Trinajstić information content (AvgIpc) is 3.39. The Labute approximate surface area is 481 Å². The third-order valence-electron chi connectivity index (χ3n) is 16.0. The van der Waals surface area contributed by atoms with Gasteiger partial charge in [0.2, 0.25) is 5.91 Å². The van der Waals surface area contributed by atoms with Gasteiger partial charge in [0.1, 0.15) is 13.2 Å². The molecule has 0 saturated heterocycles. The van der Waals surface area contributed by atoms with Gasteiger partial charge in [0, 0.05) is 6.42 Å². The van der Waals surface area contributed by atoms with Gasteiger partial charge < -0.3 is 19.8 Å². The minimum Gasteiger partial charge on any atom is -0.391 e. The summed E-state index contributed by atoms with van der Waals surface area (Å²) in [6, 6.07) is -0.759. The molecule has 77 heavy (non-hydrogen) atoms. The van der Waals surface area contributed by atoms with Crippen molar-refractivity contribution in [2.24, 2.45) is 0 Å². The Balaban J connectivity index is 3.89. The lowest BCUT2D eigenvalue weighted by molar-refractivity contribution is -0.870. The van der Waals surface area contributed by atoms with E-state index >= 15 is 0 Å². The van der Waals surface area contributed by atoms with E-state index in [0.29, 0.717) is 23.9 Å². The maximum Gasteiger partial charge on any atom is 0.472 e. The van der Waals surface area contributed by atoms with Crippen LogP contribution in [0.3, 0.4) is 0 Å². The second-order valence-electron chi connectivity index (χ2n) is 24.9. The third kappa shape index (κ3) is 62.4. The zero-order valence-electron chi connectivity index (χ0n) is 52.5. The monoisotopic (exact) mass is 1110 g/mol. The van der Waals surface area contributed by atoms with Crippen molar-refractivity contribution in [3.05, 3.63) is 24.3 Å². The highest BCUT2D eigenvalue weighted by atomic mass is 31.2. The molecule has 0 rings (SSSR count). The average molecular weight is 1110 g/mol. The maximum absolute atomic E-state index is 13.0. The zero-order chi connectivity index (χ0) is 56.3. The van der Waals surface area contributed by atoms with Crippen molar-refractivity contribution < 1.29 is 32.9 Å². The van der Waals surface area contributed by atoms with Crippen LogP contribution in [0.25, 0.3) is 0 Å². The Morgan fingerprint density at radius 3 is 1.06 bits per heavy atom. The summed E-state index contributed by atoms with van der Waals surface area (Å²) >= 11 is 0. The standard InChI is InChI=1S/C68H135N2O6P/c1-6-8-10-12-14-16-18-20-22-24-25-26-27-28-29-30-31-32-33-34-35-36-37-38-39-40-41-42-43-44-45-46-48-50-52-54-56-58-60-62-68(72)69-66(65-76-77(73,74)75-64-63-70(3,4)5)67(71)61-59-57-55-53-51-49-47-23-21-19-17-15-13-11-9-7-2/h31-32,34-35,66-67,71H,6-30,33,36-65H2,1-5H3,(H-,69,72,73,74)/p+1/b32-31-,35-34-. The predicted molar refractivity (Wildman–Crippen MR) is 337 cm³/mol. The quantitative estimate of drug-likeness (QED) is 0.0243. The Bertz CT molecular complexity index is 1300. The number of aliphatic hydroxyl groups is 1. The van der Waals surface area contributed by atoms with E-state index in [-0.39, 0.29) is 19.1 Å². The molecular formula is C68H136N2O6P+. The van der Waals surface area contributed by atoms with Crippen molar-refractivity contribution in [2.45, 2.75) is 366 Å². The second-order valence-corrected chi connectivity index (χ2v) is 26.4. The van der Waals surface area contributed by atoms with E-state index in [9.17, 15) is 19.4 Å². The molecule has 8 nitrogen and oxygen atoms in total. The number of quaternary nitrogens is 1. The van der Waals surface area contributed by atoms with E-state index in [2.05, 4.69) is 43.5 Å². The van der Waals surface area contributed by atoms with E-state index in [1.165, 1.54) is 283 Å². The molecule has 0 aliphatic heterocycles. The number of nitrogens with one attached hydrogen (secondary N) is 1. The van der Waals surface area contributed by atoms with Crippen molar-refractivity contribution in [3.63, 3.8) is 0 Å². The summed E-state index contributed by atoms with van der Waals surface area (Å²) in [5.74, 6) is -0.138. The molecule has 3 N–H and O–H groups in total. The third-order valence-corrected chi connectivity index (χ3v) is 16.9. The minimum atomic E-state index is -4.32. The highest BCUT2D eigenvalue weighted by Crippen LogP contribution is 2.43. The summed E-state index contributed by atoms with van der Waals surface area (Å²) in [6.07, 6.45) is 77.2. The van der Waals surface area contributed by atoms with Gasteiger partial charge in [-0.25, -0.2) is 4.57 Å². The van der Waals surface area contributed by atoms with Crippen molar-refractivity contribution in [1.82, 2.24) is 5.32 Å². The molecule has 0 aromatic heterocycles. The number of rotatable bonds is 64. The van der Waals surface area contributed by atoms with Gasteiger partial charge in [-0.3, -0.25) is 13.8 Å². The van der Waals surface area contributed by atoms with Gasteiger partial charge >= 0.3 is 7.82 Å². The van der Waals surface area contributed by atoms with Crippen LogP contribution >= 0.6 is 7.82 Å². The van der Waals surface area contributed by atoms with Gasteiger partial charge in [0.05, 0.1) is 39.9 Å². The Kier molecular flexibility index (Phi) is 58.8. The molecule has 0 aromatic rings. The molecule has 0 spiro atoms. The molecule has 0 bridgehead atoms. The zero-order valence-corrected chi connectivity index (χ0v) is 53.4. The summed E-state index contributed by atoms with van der Waals surface area (Å²) in [5, 5.41) is 14.1. The lowest BCUT2D eigenvalue weighted by atomic mass is 10.0. The van der Waals surface area contributed by atoms with Crippen LogP contribution in [0.1, 0.15) is 354 Å². The number of phosphoric ester groups is 1. The number of phosphoric acid groups is 1. The number of carbonyl (C=O) groups is 1. The number of aliphatic hydroxyl groups excluding tert-OH is 1. The molecule has 9 heteroatoms. The topological polar surface area (TPSA) is 105 Å². The molecule has 0 fully saturated rings. The van der Waals surface area contributed by atoms with Crippen LogP contribution in [-0.2, 0) is 18.4 Å². The van der Waals surface area contributed by atoms with Crippen LogP contribution in [0.15, 0.2) is 24.3 Å². The summed E-state index contributed by atoms with van der Waals surface area (Å²) in [4.78, 5) is 23.4. The summed E-state index contributed by atoms with van der Waals surface area (Å²) < 4.78 is 23.8. The SMILES string of the molecule is CCCCCCCCCCCCCCCCC/C=C\C/C=C\CCCCCCCCCCCCCCCCCCCC(=O)NC(COP(=O)(O)OCC[N+](C)(C)C)C(O)CCCCCCCCCCCCCCCCCC. The van der Waals surface area contributed by atoms with E-state index < -0.39 is 20.0 Å². The number of nitrogens with zero attached hydrogens (tertiary/aromatic N) is 1. The van der Waals surface area contributed by atoms with Crippen LogP contribution in [0, 0.1) is 0 Å². The molecule has 458 valence electrons. The van der Waals surface area contributed by atoms with Gasteiger partial charge in [-0.05, 0) is 44.9 Å². The highest BCUT2D eigenvalue weighted by Gasteiger charge is 2.28. The number of hydrogen-bond acceptors (Lipinski definition) is 5. The number of allylic oxidation sites excluding steroid dienone is 4. The molecule has 3 atom stereocenters. The fraction of sp³-hybridized carbons (Fsp3) is 0.926. The van der Waals surface area contributed by atoms with Crippen LogP contribution in [0.5, 0.6) is 0 Å². The molecule has 0 aromatic carbocycles. The molecule has 1 amide bonds. The number of carbonyl (C=O) groups excluding carboxylic acids is 1. The fourth-order valence-electron chi connectivity index (χ4n) is 10.6. The number of amides is 1. The molecule has 0 aliphatic rings. The van der Waals surface area contributed by atoms with Crippen molar-refractivity contribution in [1.29, 1.82) is 0 Å². The molecule has 0 radical (unpaired) electrons. The first-order valence-electron chi connectivity index (χ1n) is 34.2. The Hall–Kier alpha value is -1.02. The number of likely N-dealkylation sites (N-methyl/N-ethyl adjacent to an activating group) is 1. The van der Waals surface area contributed by atoms with Gasteiger partial charge in [-0.1, -0.05) is 327 Å². The first-order chi connectivity index (χ1) is 37.5. The molecule has 3 unspecified atom stereocenters. The number of unbranched alkanes of at least 4 members (excludes halogenated alkanes) is 47. The van der Waals surface area contributed by atoms with E-state index in [1.54, 1.807) is 0 Å². The smallest absolute Gasteiger partial charge is 0.391 e. The van der Waals surface area contributed by atoms with E-state index in [1.807, 2.05) is 21.1 Å². The van der Waals surface area contributed by atoms with Gasteiger partial charge in [0.15, 0.2) is 0 Å². The van der Waals surface area contributed by atoms with Crippen LogP contribution in [0.2, 0.25) is 0 Å². The summed E-state index contributed by atoms with van der Waals surface area (Å²) in [5.41, 5.74) is 0. The number of hydrogen-bond donors (Lipinski definition) is 3. The van der Waals surface area contributed by atoms with Crippen LogP contribution in [-0.4, -0.2) is 73.4 Å². The van der Waals surface area contributed by atoms with Crippen LogP contribution < -0.4 is 5.32 Å². The van der Waals surface area contributed by atoms with Gasteiger partial charge in [0.25, 0.3) is 0 Å². The predicted octanol–water partition coefficient (Wildman–Crippen LogP) is 21.5. The largest absolute Gasteiger partial charge is 0.472 e. The van der Waals surface area contributed by atoms with Gasteiger partial charge in [-0.15, -0.1) is 0 Å². The normalized spacial score (nSPS) is 13.8. The van der Waals surface area contributed by atoms with Crippen molar-refractivity contribution >= 4 is 13.7 Å². The van der Waals surface area contributed by atoms with Crippen molar-refractivity contribution in [2.75, 3.05) is 40.9 Å². The second kappa shape index (κ2) is 59.6. The first kappa shape index (κ1) is 76.0. The van der Waals surface area contributed by atoms with Gasteiger partial charge in [-0.2, -0.15) is 0 Å². The summed E-state index contributed by atoms with van der Waals surface area (Å²) in [7, 11) is 1.63. The molecule has 0 aliphatic carbocycles. The molecule has 0 saturated carbocycles. The first-order valence-corrected chi connectivity index (χ1v) is 35.7. The fourth-order valence-corrected chi connectivity index (χ4v) is 11.3. The van der Waals surface area contributed by atoms with Crippen molar-refractivity contribution in [3.8, 4) is 0 Å². The minimum absolute atomic E-state index is 0.0770. The maximum atomic E-state index is 13.0. The lowest BCUT2D eigenvalue weighted by Crippen LogP contribution is -2.46. The van der Waals surface area contributed by atoms with Crippen LogP contribution in [0.4, 0.5) is 0 Å².